The van der Waals surface area contributed by atoms with Crippen molar-refractivity contribution in [2.75, 3.05) is 19.5 Å². The van der Waals surface area contributed by atoms with E-state index in [1.165, 1.54) is 18.4 Å². The third kappa shape index (κ3) is 2.49. The fourth-order valence-electron chi connectivity index (χ4n) is 1.96. The van der Waals surface area contributed by atoms with Crippen molar-refractivity contribution in [2.45, 2.75) is 13.8 Å². The third-order valence-electron chi connectivity index (χ3n) is 3.00. The number of carbonyl (C=O) groups excluding carboxylic acids is 1. The van der Waals surface area contributed by atoms with Crippen LogP contribution >= 0.6 is 11.3 Å². The molecule has 0 aliphatic carbocycles. The van der Waals surface area contributed by atoms with Crippen LogP contribution in [-0.2, 0) is 4.74 Å². The zero-order chi connectivity index (χ0) is 14.7. The van der Waals surface area contributed by atoms with Gasteiger partial charge in [-0.1, -0.05) is 12.1 Å². The molecular weight excluding hydrogens is 274 g/mol. The van der Waals surface area contributed by atoms with Crippen molar-refractivity contribution >= 4 is 23.0 Å². The van der Waals surface area contributed by atoms with E-state index < -0.39 is 5.97 Å². The Morgan fingerprint density at radius 1 is 1.35 bits per heavy atom. The van der Waals surface area contributed by atoms with Gasteiger partial charge in [0.15, 0.2) is 0 Å². The van der Waals surface area contributed by atoms with Crippen LogP contribution in [0.4, 0.5) is 5.69 Å². The summed E-state index contributed by atoms with van der Waals surface area (Å²) >= 11 is 1.33. The average Bonchev–Trinajstić information content (AvgIpc) is 2.76. The normalized spacial score (nSPS) is 10.3. The summed E-state index contributed by atoms with van der Waals surface area (Å²) in [5.74, 6) is 0.381. The Morgan fingerprint density at radius 3 is 2.70 bits per heavy atom. The van der Waals surface area contributed by atoms with Crippen molar-refractivity contribution in [2.24, 2.45) is 0 Å². The fraction of sp³-hybridized carbons (Fsp3) is 0.267. The molecule has 106 valence electrons. The summed E-state index contributed by atoms with van der Waals surface area (Å²) in [6.07, 6.45) is 0. The smallest absolute Gasteiger partial charge is 0.350 e. The molecule has 0 amide bonds. The van der Waals surface area contributed by atoms with Gasteiger partial charge in [0.05, 0.1) is 19.4 Å². The monoisotopic (exact) mass is 291 g/mol. The van der Waals surface area contributed by atoms with Crippen molar-refractivity contribution < 1.29 is 14.3 Å². The number of hydrogen-bond donors (Lipinski definition) is 1. The molecule has 4 nitrogen and oxygen atoms in total. The predicted molar refractivity (Wildman–Crippen MR) is 81.4 cm³/mol. The summed E-state index contributed by atoms with van der Waals surface area (Å²) < 4.78 is 10.4. The minimum Gasteiger partial charge on any atom is -0.493 e. The second-order valence-corrected chi connectivity index (χ2v) is 5.24. The lowest BCUT2D eigenvalue weighted by molar-refractivity contribution is 0.0607. The van der Waals surface area contributed by atoms with Gasteiger partial charge in [0, 0.05) is 10.4 Å². The van der Waals surface area contributed by atoms with Crippen LogP contribution in [0.3, 0.4) is 0 Å². The molecule has 0 aliphatic heterocycles. The zero-order valence-electron chi connectivity index (χ0n) is 11.7. The first kappa shape index (κ1) is 14.4. The second-order valence-electron chi connectivity index (χ2n) is 4.22. The van der Waals surface area contributed by atoms with Crippen LogP contribution in [0.25, 0.3) is 10.4 Å². The Kier molecular flexibility index (Phi) is 4.29. The van der Waals surface area contributed by atoms with Crippen molar-refractivity contribution in [3.05, 3.63) is 34.7 Å². The highest BCUT2D eigenvalue weighted by Crippen LogP contribution is 2.42. The standard InChI is InChI=1S/C15H17NO3S/c1-4-19-11-8-6-5-7-10(11)13-9(2)12(16)14(20-13)15(17)18-3/h5-8H,4,16H2,1-3H3. The Morgan fingerprint density at radius 2 is 2.05 bits per heavy atom. The van der Waals surface area contributed by atoms with Crippen LogP contribution in [0.1, 0.15) is 22.2 Å². The van der Waals surface area contributed by atoms with E-state index in [2.05, 4.69) is 0 Å². The van der Waals surface area contributed by atoms with Crippen molar-refractivity contribution in [1.29, 1.82) is 0 Å². The first-order valence-corrected chi connectivity index (χ1v) is 7.11. The lowest BCUT2D eigenvalue weighted by Crippen LogP contribution is -2.01. The van der Waals surface area contributed by atoms with Crippen molar-refractivity contribution in [1.82, 2.24) is 0 Å². The minimum absolute atomic E-state index is 0.407. The summed E-state index contributed by atoms with van der Waals surface area (Å²) in [5.41, 5.74) is 8.31. The molecule has 2 rings (SSSR count). The van der Waals surface area contributed by atoms with Gasteiger partial charge in [-0.05, 0) is 31.5 Å². The fourth-order valence-corrected chi connectivity index (χ4v) is 3.14. The third-order valence-corrected chi connectivity index (χ3v) is 4.32. The summed E-state index contributed by atoms with van der Waals surface area (Å²) in [5, 5.41) is 0. The number of anilines is 1. The number of nitrogens with two attached hydrogens (primary N) is 1. The number of ether oxygens (including phenoxy) is 2. The Bertz CT molecular complexity index is 634. The van der Waals surface area contributed by atoms with E-state index in [-0.39, 0.29) is 0 Å². The number of thiophene rings is 1. The highest BCUT2D eigenvalue weighted by atomic mass is 32.1. The molecule has 0 radical (unpaired) electrons. The molecule has 0 unspecified atom stereocenters. The van der Waals surface area contributed by atoms with Gasteiger partial charge < -0.3 is 15.2 Å². The lowest BCUT2D eigenvalue weighted by atomic mass is 10.1. The van der Waals surface area contributed by atoms with Crippen LogP contribution in [0.2, 0.25) is 0 Å². The highest BCUT2D eigenvalue weighted by Gasteiger charge is 2.21. The summed E-state index contributed by atoms with van der Waals surface area (Å²) in [6.45, 7) is 4.42. The van der Waals surface area contributed by atoms with E-state index in [1.54, 1.807) is 0 Å². The van der Waals surface area contributed by atoms with Gasteiger partial charge in [-0.3, -0.25) is 0 Å². The van der Waals surface area contributed by atoms with Crippen LogP contribution in [0, 0.1) is 6.92 Å². The van der Waals surface area contributed by atoms with Gasteiger partial charge in [-0.2, -0.15) is 0 Å². The Hall–Kier alpha value is -2.01. The van der Waals surface area contributed by atoms with Gasteiger partial charge in [0.25, 0.3) is 0 Å². The van der Waals surface area contributed by atoms with E-state index in [4.69, 9.17) is 15.2 Å². The summed E-state index contributed by atoms with van der Waals surface area (Å²) in [4.78, 5) is 13.1. The molecule has 0 saturated carbocycles. The number of nitrogen functional groups attached to an aromatic ring is 1. The van der Waals surface area contributed by atoms with Crippen LogP contribution in [0.5, 0.6) is 5.75 Å². The quantitative estimate of drug-likeness (QED) is 0.876. The van der Waals surface area contributed by atoms with Gasteiger partial charge in [-0.15, -0.1) is 11.3 Å². The molecule has 0 bridgehead atoms. The van der Waals surface area contributed by atoms with E-state index in [1.807, 2.05) is 38.1 Å². The van der Waals surface area contributed by atoms with Crippen molar-refractivity contribution in [3.63, 3.8) is 0 Å². The molecule has 1 aromatic carbocycles. The van der Waals surface area contributed by atoms with Gasteiger partial charge in [0.1, 0.15) is 10.6 Å². The van der Waals surface area contributed by atoms with Gasteiger partial charge >= 0.3 is 5.97 Å². The number of rotatable bonds is 4. The largest absolute Gasteiger partial charge is 0.493 e. The number of benzene rings is 1. The topological polar surface area (TPSA) is 61.5 Å². The molecule has 20 heavy (non-hydrogen) atoms. The second kappa shape index (κ2) is 5.96. The average molecular weight is 291 g/mol. The van der Waals surface area contributed by atoms with Gasteiger partial charge in [-0.25, -0.2) is 4.79 Å². The summed E-state index contributed by atoms with van der Waals surface area (Å²) in [7, 11) is 1.35. The number of esters is 1. The molecule has 1 heterocycles. The number of carbonyl (C=O) groups is 1. The van der Waals surface area contributed by atoms with Crippen LogP contribution in [0.15, 0.2) is 24.3 Å². The van der Waals surface area contributed by atoms with E-state index in [0.717, 1.165) is 21.8 Å². The SMILES string of the molecule is CCOc1ccccc1-c1sc(C(=O)OC)c(N)c1C. The molecule has 5 heteroatoms. The van der Waals surface area contributed by atoms with Gasteiger partial charge in [0.2, 0.25) is 0 Å². The highest BCUT2D eigenvalue weighted by molar-refractivity contribution is 7.18. The van der Waals surface area contributed by atoms with E-state index >= 15 is 0 Å². The summed E-state index contributed by atoms with van der Waals surface area (Å²) in [6, 6.07) is 7.73. The minimum atomic E-state index is -0.407. The molecule has 0 saturated heterocycles. The first-order chi connectivity index (χ1) is 9.60. The molecular formula is C15H17NO3S. The molecule has 0 spiro atoms. The van der Waals surface area contributed by atoms with Crippen LogP contribution < -0.4 is 10.5 Å². The molecule has 0 fully saturated rings. The molecule has 2 N–H and O–H groups in total. The maximum atomic E-state index is 11.7. The zero-order valence-corrected chi connectivity index (χ0v) is 12.5. The Labute approximate surface area is 122 Å². The molecule has 0 atom stereocenters. The van der Waals surface area contributed by atoms with Crippen LogP contribution in [-0.4, -0.2) is 19.7 Å². The Balaban J connectivity index is 2.56. The first-order valence-electron chi connectivity index (χ1n) is 6.29. The van der Waals surface area contributed by atoms with Crippen molar-refractivity contribution in [3.8, 4) is 16.2 Å². The number of para-hydroxylation sites is 1. The molecule has 1 aromatic heterocycles. The molecule has 0 aliphatic rings. The number of methoxy groups -OCH3 is 1. The van der Waals surface area contributed by atoms with E-state index in [9.17, 15) is 4.79 Å². The van der Waals surface area contributed by atoms with E-state index in [0.29, 0.717) is 17.2 Å². The predicted octanol–water partition coefficient (Wildman–Crippen LogP) is 3.49. The maximum Gasteiger partial charge on any atom is 0.350 e. The molecule has 2 aromatic rings. The maximum absolute atomic E-state index is 11.7. The number of hydrogen-bond acceptors (Lipinski definition) is 5. The lowest BCUT2D eigenvalue weighted by Gasteiger charge is -2.09.